The fraction of sp³-hybridized carbons (Fsp3) is 0.227. The predicted molar refractivity (Wildman–Crippen MR) is 112 cm³/mol. The molecule has 0 bridgehead atoms. The lowest BCUT2D eigenvalue weighted by Crippen LogP contribution is -2.14. The van der Waals surface area contributed by atoms with Crippen molar-refractivity contribution in [3.63, 3.8) is 0 Å². The number of aryl methyl sites for hydroxylation is 2. The van der Waals surface area contributed by atoms with Crippen LogP contribution in [0.25, 0.3) is 16.8 Å². The second-order valence-electron chi connectivity index (χ2n) is 7.43. The molecule has 4 aromatic rings. The molecule has 6 nitrogen and oxygen atoms in total. The Kier molecular flexibility index (Phi) is 4.17. The van der Waals surface area contributed by atoms with E-state index in [1.807, 2.05) is 48.0 Å². The summed E-state index contributed by atoms with van der Waals surface area (Å²) in [5.41, 5.74) is 5.47. The van der Waals surface area contributed by atoms with E-state index in [1.54, 1.807) is 13.1 Å². The highest BCUT2D eigenvalue weighted by Gasteiger charge is 2.33. The number of nitrogens with zero attached hydrogens (tertiary/aromatic N) is 3. The predicted octanol–water partition coefficient (Wildman–Crippen LogP) is 5.41. The summed E-state index contributed by atoms with van der Waals surface area (Å²) in [5.74, 6) is 0.743. The molecule has 1 N–H and O–H groups in total. The van der Waals surface area contributed by atoms with Gasteiger partial charge in [0, 0.05) is 23.6 Å². The smallest absolute Gasteiger partial charge is 0.259 e. The average Bonchev–Trinajstić information content (AvgIpc) is 3.31. The van der Waals surface area contributed by atoms with Crippen molar-refractivity contribution >= 4 is 34.3 Å². The van der Waals surface area contributed by atoms with E-state index in [0.717, 1.165) is 29.8 Å². The van der Waals surface area contributed by atoms with Crippen molar-refractivity contribution in [2.45, 2.75) is 32.6 Å². The van der Waals surface area contributed by atoms with Gasteiger partial charge in [0.15, 0.2) is 11.5 Å². The van der Waals surface area contributed by atoms with Gasteiger partial charge >= 0.3 is 0 Å². The fourth-order valence-electron chi connectivity index (χ4n) is 3.52. The third-order valence-corrected chi connectivity index (χ3v) is 5.57. The first-order chi connectivity index (χ1) is 14.0. The van der Waals surface area contributed by atoms with Crippen LogP contribution in [-0.2, 0) is 0 Å². The number of benzene rings is 2. The number of carbonyl (C=O) groups is 1. The Bertz CT molecular complexity index is 1250. The first kappa shape index (κ1) is 17.9. The van der Waals surface area contributed by atoms with Crippen molar-refractivity contribution in [1.29, 1.82) is 0 Å². The van der Waals surface area contributed by atoms with Gasteiger partial charge in [-0.3, -0.25) is 4.79 Å². The van der Waals surface area contributed by atoms with Gasteiger partial charge in [-0.1, -0.05) is 17.7 Å². The number of halogens is 1. The molecule has 2 aromatic heterocycles. The second-order valence-corrected chi connectivity index (χ2v) is 7.84. The van der Waals surface area contributed by atoms with Gasteiger partial charge in [-0.05, 0) is 55.7 Å². The molecule has 0 spiro atoms. The van der Waals surface area contributed by atoms with E-state index < -0.39 is 0 Å². The maximum Gasteiger partial charge on any atom is 0.259 e. The summed E-state index contributed by atoms with van der Waals surface area (Å²) in [6.07, 6.45) is 3.74. The second kappa shape index (κ2) is 6.74. The molecule has 2 aromatic carbocycles. The van der Waals surface area contributed by atoms with Gasteiger partial charge in [0.05, 0.1) is 23.1 Å². The molecule has 0 radical (unpaired) electrons. The minimum atomic E-state index is -0.184. The molecule has 2 heterocycles. The van der Waals surface area contributed by atoms with Crippen molar-refractivity contribution in [3.05, 3.63) is 70.3 Å². The van der Waals surface area contributed by atoms with E-state index in [2.05, 4.69) is 15.4 Å². The molecule has 1 aliphatic carbocycles. The van der Waals surface area contributed by atoms with E-state index in [1.165, 1.54) is 0 Å². The van der Waals surface area contributed by atoms with Crippen LogP contribution in [0.1, 0.15) is 46.3 Å². The average molecular weight is 407 g/mol. The number of carbonyl (C=O) groups excluding carboxylic acids is 1. The summed E-state index contributed by atoms with van der Waals surface area (Å²) < 4.78 is 7.33. The lowest BCUT2D eigenvalue weighted by atomic mass is 10.1. The van der Waals surface area contributed by atoms with Gasteiger partial charge in [0.2, 0.25) is 0 Å². The number of oxazole rings is 1. The molecule has 1 saturated carbocycles. The summed E-state index contributed by atoms with van der Waals surface area (Å²) in [5, 5.41) is 8.15. The van der Waals surface area contributed by atoms with Gasteiger partial charge in [0.25, 0.3) is 5.91 Å². The van der Waals surface area contributed by atoms with Crippen LogP contribution in [0.4, 0.5) is 5.69 Å². The highest BCUT2D eigenvalue weighted by molar-refractivity contribution is 6.31. The largest absolute Gasteiger partial charge is 0.441 e. The molecule has 0 unspecified atom stereocenters. The zero-order chi connectivity index (χ0) is 20.1. The third kappa shape index (κ3) is 3.29. The monoisotopic (exact) mass is 406 g/mol. The van der Waals surface area contributed by atoms with Gasteiger partial charge < -0.3 is 9.73 Å². The van der Waals surface area contributed by atoms with Gasteiger partial charge in [-0.2, -0.15) is 5.10 Å². The topological polar surface area (TPSA) is 73.0 Å². The van der Waals surface area contributed by atoms with Gasteiger partial charge in [0.1, 0.15) is 5.52 Å². The Morgan fingerprint density at radius 1 is 1.21 bits per heavy atom. The molecule has 146 valence electrons. The number of rotatable bonds is 4. The van der Waals surface area contributed by atoms with E-state index in [9.17, 15) is 4.79 Å². The maximum atomic E-state index is 13.0. The van der Waals surface area contributed by atoms with E-state index in [0.29, 0.717) is 39.2 Å². The van der Waals surface area contributed by atoms with Crippen molar-refractivity contribution in [3.8, 4) is 5.69 Å². The minimum absolute atomic E-state index is 0.184. The van der Waals surface area contributed by atoms with E-state index >= 15 is 0 Å². The summed E-state index contributed by atoms with van der Waals surface area (Å²) in [4.78, 5) is 17.4. The Morgan fingerprint density at radius 2 is 2.03 bits per heavy atom. The molecule has 1 amide bonds. The Morgan fingerprint density at radius 3 is 2.79 bits per heavy atom. The first-order valence-corrected chi connectivity index (χ1v) is 9.90. The summed E-state index contributed by atoms with van der Waals surface area (Å²) in [7, 11) is 0. The van der Waals surface area contributed by atoms with Crippen LogP contribution in [0, 0.1) is 13.8 Å². The quantitative estimate of drug-likeness (QED) is 0.491. The van der Waals surface area contributed by atoms with Gasteiger partial charge in [-0.15, -0.1) is 0 Å². The molecule has 1 fully saturated rings. The fourth-order valence-corrected chi connectivity index (χ4v) is 3.70. The van der Waals surface area contributed by atoms with Crippen LogP contribution in [0.3, 0.4) is 0 Å². The Hall–Kier alpha value is -3.12. The normalized spacial score (nSPS) is 13.8. The van der Waals surface area contributed by atoms with Crippen molar-refractivity contribution < 1.29 is 9.21 Å². The zero-order valence-electron chi connectivity index (χ0n) is 16.1. The third-order valence-electron chi connectivity index (χ3n) is 5.17. The number of nitrogens with one attached hydrogen (secondary N) is 1. The van der Waals surface area contributed by atoms with Crippen LogP contribution in [0.15, 0.2) is 47.0 Å². The van der Waals surface area contributed by atoms with Crippen LogP contribution >= 0.6 is 11.6 Å². The number of fused-ring (bicyclic) bond motifs is 1. The van der Waals surface area contributed by atoms with Gasteiger partial charge in [-0.25, -0.2) is 9.67 Å². The summed E-state index contributed by atoms with van der Waals surface area (Å²) in [6.45, 7) is 3.76. The number of hydrogen-bond donors (Lipinski definition) is 1. The maximum absolute atomic E-state index is 13.0. The zero-order valence-corrected chi connectivity index (χ0v) is 16.8. The number of aromatic nitrogens is 3. The molecule has 29 heavy (non-hydrogen) atoms. The molecular weight excluding hydrogens is 388 g/mol. The molecule has 0 aliphatic heterocycles. The highest BCUT2D eigenvalue weighted by atomic mass is 35.5. The van der Waals surface area contributed by atoms with Crippen LogP contribution in [-0.4, -0.2) is 20.7 Å². The molecule has 0 saturated heterocycles. The van der Waals surface area contributed by atoms with E-state index in [4.69, 9.17) is 16.0 Å². The van der Waals surface area contributed by atoms with Crippen LogP contribution < -0.4 is 5.32 Å². The molecular formula is C22H19ClN4O2. The molecule has 7 heteroatoms. The first-order valence-electron chi connectivity index (χ1n) is 9.52. The lowest BCUT2D eigenvalue weighted by Gasteiger charge is -2.10. The Balaban J connectivity index is 1.49. The SMILES string of the molecule is Cc1nc2cc(NC(=O)c3cnn(-c4ccc(C)c(Cl)c4)c3C3CC3)ccc2o1. The van der Waals surface area contributed by atoms with Crippen molar-refractivity contribution in [2.75, 3.05) is 5.32 Å². The van der Waals surface area contributed by atoms with Crippen LogP contribution in [0.5, 0.6) is 0 Å². The van der Waals surface area contributed by atoms with Crippen molar-refractivity contribution in [1.82, 2.24) is 14.8 Å². The van der Waals surface area contributed by atoms with Crippen LogP contribution in [0.2, 0.25) is 5.02 Å². The summed E-state index contributed by atoms with van der Waals surface area (Å²) in [6, 6.07) is 11.3. The number of anilines is 1. The lowest BCUT2D eigenvalue weighted by molar-refractivity contribution is 0.102. The molecule has 0 atom stereocenters. The standard InChI is InChI=1S/C22H19ClN4O2/c1-12-3-7-16(10-18(12)23)27-21(14-4-5-14)17(11-24-27)22(28)26-15-6-8-20-19(9-15)25-13(2)29-20/h3,6-11,14H,4-5H2,1-2H3,(H,26,28). The number of hydrogen-bond acceptors (Lipinski definition) is 4. The molecule has 5 rings (SSSR count). The molecule has 1 aliphatic rings. The van der Waals surface area contributed by atoms with Crippen molar-refractivity contribution in [2.24, 2.45) is 0 Å². The number of amides is 1. The Labute approximate surface area is 172 Å². The van der Waals surface area contributed by atoms with E-state index in [-0.39, 0.29) is 5.91 Å². The highest BCUT2D eigenvalue weighted by Crippen LogP contribution is 2.42. The minimum Gasteiger partial charge on any atom is -0.441 e. The summed E-state index contributed by atoms with van der Waals surface area (Å²) >= 11 is 6.30.